The lowest BCUT2D eigenvalue weighted by Gasteiger charge is -2.34. The maximum absolute atomic E-state index is 12.3. The number of carbonyl (C=O) groups is 1. The summed E-state index contributed by atoms with van der Waals surface area (Å²) in [4.78, 5) is 21.5. The number of amides is 1. The molecule has 1 aliphatic rings. The second-order valence-electron chi connectivity index (χ2n) is 6.84. The van der Waals surface area contributed by atoms with Crippen molar-refractivity contribution in [1.82, 2.24) is 9.88 Å². The van der Waals surface area contributed by atoms with Crippen molar-refractivity contribution >= 4 is 51.3 Å². The molecule has 1 fully saturated rings. The number of anilines is 2. The van der Waals surface area contributed by atoms with Crippen LogP contribution in [0, 0.1) is 0 Å². The number of rotatable bonds is 5. The average Bonchev–Trinajstić information content (AvgIpc) is 3.21. The van der Waals surface area contributed by atoms with Gasteiger partial charge in [0.05, 0.1) is 12.2 Å². The number of carbonyl (C=O) groups excluding carboxylic acids is 1. The Bertz CT molecular complexity index is 967. The molecule has 0 saturated carbocycles. The van der Waals surface area contributed by atoms with Gasteiger partial charge >= 0.3 is 0 Å². The maximum atomic E-state index is 12.3. The summed E-state index contributed by atoms with van der Waals surface area (Å²) in [7, 11) is 0. The van der Waals surface area contributed by atoms with Gasteiger partial charge in [0.2, 0.25) is 5.91 Å². The van der Waals surface area contributed by atoms with Gasteiger partial charge in [0.1, 0.15) is 0 Å². The fourth-order valence-corrected chi connectivity index (χ4v) is 4.34. The zero-order valence-electron chi connectivity index (χ0n) is 15.6. The van der Waals surface area contributed by atoms with Crippen LogP contribution in [0.2, 0.25) is 10.0 Å². The fraction of sp³-hybridized carbons (Fsp3) is 0.238. The Morgan fingerprint density at radius 2 is 1.59 bits per heavy atom. The Balaban J connectivity index is 1.28. The van der Waals surface area contributed by atoms with Crippen LogP contribution in [0.5, 0.6) is 0 Å². The van der Waals surface area contributed by atoms with Crippen molar-refractivity contribution in [2.75, 3.05) is 42.9 Å². The van der Waals surface area contributed by atoms with E-state index >= 15 is 0 Å². The van der Waals surface area contributed by atoms with Crippen molar-refractivity contribution in [3.8, 4) is 11.3 Å². The molecule has 0 spiro atoms. The van der Waals surface area contributed by atoms with E-state index in [0.29, 0.717) is 11.6 Å². The molecule has 5 nitrogen and oxygen atoms in total. The third-order valence-electron chi connectivity index (χ3n) is 4.77. The molecule has 1 aromatic heterocycles. The number of hydrogen-bond donors (Lipinski definition) is 1. The molecule has 3 aromatic rings. The van der Waals surface area contributed by atoms with Gasteiger partial charge in [-0.25, -0.2) is 4.98 Å². The first-order chi connectivity index (χ1) is 14.1. The van der Waals surface area contributed by atoms with Crippen LogP contribution < -0.4 is 10.2 Å². The first-order valence-electron chi connectivity index (χ1n) is 9.31. The number of halogens is 2. The predicted octanol–water partition coefficient (Wildman–Crippen LogP) is 4.88. The van der Waals surface area contributed by atoms with Gasteiger partial charge in [0, 0.05) is 52.9 Å². The summed E-state index contributed by atoms with van der Waals surface area (Å²) in [5.41, 5.74) is 2.79. The minimum atomic E-state index is -0.0138. The molecule has 2 aromatic carbocycles. The minimum Gasteiger partial charge on any atom is -0.346 e. The van der Waals surface area contributed by atoms with E-state index < -0.39 is 0 Å². The van der Waals surface area contributed by atoms with Gasteiger partial charge in [-0.15, -0.1) is 11.3 Å². The number of hydrogen-bond acceptors (Lipinski definition) is 5. The Labute approximate surface area is 183 Å². The number of piperazine rings is 1. The van der Waals surface area contributed by atoms with E-state index in [4.69, 9.17) is 28.2 Å². The molecule has 0 atom stereocenters. The fourth-order valence-electron chi connectivity index (χ4n) is 3.20. The zero-order valence-corrected chi connectivity index (χ0v) is 18.0. The SMILES string of the molecule is O=C(CN1CCN(c2nc(-c3ccc(Cl)cc3)cs2)CC1)Nc1ccc(Cl)cc1. The normalized spacial score (nSPS) is 14.8. The quantitative estimate of drug-likeness (QED) is 0.606. The molecular weight excluding hydrogens is 427 g/mol. The number of thiazole rings is 1. The summed E-state index contributed by atoms with van der Waals surface area (Å²) in [6, 6.07) is 14.9. The number of benzene rings is 2. The third kappa shape index (κ3) is 5.28. The molecule has 150 valence electrons. The lowest BCUT2D eigenvalue weighted by molar-refractivity contribution is -0.117. The Hall–Kier alpha value is -2.12. The van der Waals surface area contributed by atoms with E-state index in [9.17, 15) is 4.79 Å². The van der Waals surface area contributed by atoms with Gasteiger partial charge in [-0.3, -0.25) is 9.69 Å². The first-order valence-corrected chi connectivity index (χ1v) is 10.9. The summed E-state index contributed by atoms with van der Waals surface area (Å²) >= 11 is 13.5. The standard InChI is InChI=1S/C21H20Cl2N4OS/c22-16-3-1-15(2-4-16)19-14-29-21(25-19)27-11-9-26(10-12-27)13-20(28)24-18-7-5-17(23)6-8-18/h1-8,14H,9-13H2,(H,24,28). The number of aromatic nitrogens is 1. The number of nitrogens with zero attached hydrogens (tertiary/aromatic N) is 3. The highest BCUT2D eigenvalue weighted by atomic mass is 35.5. The van der Waals surface area contributed by atoms with E-state index in [1.807, 2.05) is 24.3 Å². The van der Waals surface area contributed by atoms with Gasteiger partial charge in [-0.05, 0) is 36.4 Å². The van der Waals surface area contributed by atoms with Crippen LogP contribution in [0.1, 0.15) is 0 Å². The molecule has 29 heavy (non-hydrogen) atoms. The lowest BCUT2D eigenvalue weighted by atomic mass is 10.2. The summed E-state index contributed by atoms with van der Waals surface area (Å²) < 4.78 is 0. The summed E-state index contributed by atoms with van der Waals surface area (Å²) in [6.45, 7) is 3.72. The summed E-state index contributed by atoms with van der Waals surface area (Å²) in [5, 5.41) is 7.38. The molecule has 0 radical (unpaired) electrons. The molecule has 1 N–H and O–H groups in total. The molecule has 4 rings (SSSR count). The molecule has 1 aliphatic heterocycles. The minimum absolute atomic E-state index is 0.0138. The average molecular weight is 447 g/mol. The maximum Gasteiger partial charge on any atom is 0.238 e. The van der Waals surface area contributed by atoms with Crippen molar-refractivity contribution in [2.45, 2.75) is 0 Å². The summed E-state index contributed by atoms with van der Waals surface area (Å²) in [6.07, 6.45) is 0. The van der Waals surface area contributed by atoms with Gasteiger partial charge in [0.15, 0.2) is 5.13 Å². The molecule has 1 saturated heterocycles. The van der Waals surface area contributed by atoms with Crippen LogP contribution in [0.4, 0.5) is 10.8 Å². The molecular formula is C21H20Cl2N4OS. The van der Waals surface area contributed by atoms with Crippen molar-refractivity contribution in [2.24, 2.45) is 0 Å². The highest BCUT2D eigenvalue weighted by molar-refractivity contribution is 7.14. The van der Waals surface area contributed by atoms with Gasteiger partial charge in [0.25, 0.3) is 0 Å². The summed E-state index contributed by atoms with van der Waals surface area (Å²) in [5.74, 6) is -0.0138. The second kappa shape index (κ2) is 9.13. The Morgan fingerprint density at radius 3 is 2.24 bits per heavy atom. The molecule has 0 unspecified atom stereocenters. The van der Waals surface area contributed by atoms with E-state index in [1.165, 1.54) is 0 Å². The third-order valence-corrected chi connectivity index (χ3v) is 6.18. The van der Waals surface area contributed by atoms with E-state index in [1.54, 1.807) is 35.6 Å². The smallest absolute Gasteiger partial charge is 0.238 e. The molecule has 8 heteroatoms. The topological polar surface area (TPSA) is 48.5 Å². The van der Waals surface area contributed by atoms with Crippen molar-refractivity contribution < 1.29 is 4.79 Å². The second-order valence-corrected chi connectivity index (χ2v) is 8.55. The van der Waals surface area contributed by atoms with Crippen LogP contribution >= 0.6 is 34.5 Å². The Kier molecular flexibility index (Phi) is 6.35. The first kappa shape index (κ1) is 20.2. The van der Waals surface area contributed by atoms with E-state index in [-0.39, 0.29) is 5.91 Å². The van der Waals surface area contributed by atoms with E-state index in [2.05, 4.69) is 20.5 Å². The zero-order chi connectivity index (χ0) is 20.2. The Morgan fingerprint density at radius 1 is 0.966 bits per heavy atom. The lowest BCUT2D eigenvalue weighted by Crippen LogP contribution is -2.48. The molecule has 0 aliphatic carbocycles. The van der Waals surface area contributed by atoms with Crippen LogP contribution in [-0.4, -0.2) is 48.5 Å². The van der Waals surface area contributed by atoms with Gasteiger partial charge < -0.3 is 10.2 Å². The van der Waals surface area contributed by atoms with E-state index in [0.717, 1.165) is 53.3 Å². The number of nitrogens with one attached hydrogen (secondary N) is 1. The van der Waals surface area contributed by atoms with Crippen LogP contribution in [-0.2, 0) is 4.79 Å². The van der Waals surface area contributed by atoms with Crippen molar-refractivity contribution in [1.29, 1.82) is 0 Å². The van der Waals surface area contributed by atoms with Crippen LogP contribution in [0.3, 0.4) is 0 Å². The van der Waals surface area contributed by atoms with Gasteiger partial charge in [-0.2, -0.15) is 0 Å². The van der Waals surface area contributed by atoms with Gasteiger partial charge in [-0.1, -0.05) is 35.3 Å². The van der Waals surface area contributed by atoms with Crippen molar-refractivity contribution in [3.63, 3.8) is 0 Å². The predicted molar refractivity (Wildman–Crippen MR) is 121 cm³/mol. The van der Waals surface area contributed by atoms with Crippen LogP contribution in [0.25, 0.3) is 11.3 Å². The highest BCUT2D eigenvalue weighted by Gasteiger charge is 2.21. The molecule has 0 bridgehead atoms. The monoisotopic (exact) mass is 446 g/mol. The molecule has 1 amide bonds. The highest BCUT2D eigenvalue weighted by Crippen LogP contribution is 2.28. The van der Waals surface area contributed by atoms with Crippen molar-refractivity contribution in [3.05, 3.63) is 64.0 Å². The van der Waals surface area contributed by atoms with Crippen LogP contribution in [0.15, 0.2) is 53.9 Å². The largest absolute Gasteiger partial charge is 0.346 e. The molecule has 2 heterocycles.